The third-order valence-corrected chi connectivity index (χ3v) is 6.10. The number of aromatic hydroxyl groups is 2. The largest absolute Gasteiger partial charge is 0.508 e. The van der Waals surface area contributed by atoms with Gasteiger partial charge in [0.25, 0.3) is 0 Å². The predicted molar refractivity (Wildman–Crippen MR) is 144 cm³/mol. The van der Waals surface area contributed by atoms with Gasteiger partial charge in [-0.05, 0) is 48.7 Å². The van der Waals surface area contributed by atoms with Crippen molar-refractivity contribution in [3.8, 4) is 11.5 Å². The summed E-state index contributed by atoms with van der Waals surface area (Å²) in [6.45, 7) is 1.29. The molecular formula is C27H34N4O10. The van der Waals surface area contributed by atoms with Crippen LogP contribution in [0.5, 0.6) is 11.5 Å². The van der Waals surface area contributed by atoms with Gasteiger partial charge in [-0.15, -0.1) is 0 Å². The van der Waals surface area contributed by atoms with Crippen LogP contribution in [0.4, 0.5) is 0 Å². The van der Waals surface area contributed by atoms with Gasteiger partial charge in [-0.1, -0.05) is 24.3 Å². The number of carbonyl (C=O) groups excluding carboxylic acids is 3. The zero-order valence-electron chi connectivity index (χ0n) is 22.2. The third-order valence-electron chi connectivity index (χ3n) is 6.10. The quantitative estimate of drug-likeness (QED) is 0.125. The average molecular weight is 575 g/mol. The summed E-state index contributed by atoms with van der Waals surface area (Å²) in [7, 11) is 0. The van der Waals surface area contributed by atoms with Gasteiger partial charge < -0.3 is 47.2 Å². The van der Waals surface area contributed by atoms with Crippen molar-refractivity contribution in [1.29, 1.82) is 0 Å². The van der Waals surface area contributed by atoms with Gasteiger partial charge in [-0.25, -0.2) is 4.79 Å². The molecule has 5 unspecified atom stereocenters. The number of hydrogen-bond acceptors (Lipinski definition) is 9. The molecule has 0 bridgehead atoms. The van der Waals surface area contributed by atoms with Crippen LogP contribution in [0.15, 0.2) is 48.5 Å². The summed E-state index contributed by atoms with van der Waals surface area (Å²) < 4.78 is 0. The first-order chi connectivity index (χ1) is 19.3. The van der Waals surface area contributed by atoms with Crippen LogP contribution in [-0.2, 0) is 36.8 Å². The van der Waals surface area contributed by atoms with E-state index >= 15 is 0 Å². The van der Waals surface area contributed by atoms with Crippen molar-refractivity contribution in [3.63, 3.8) is 0 Å². The Morgan fingerprint density at radius 2 is 1.10 bits per heavy atom. The van der Waals surface area contributed by atoms with E-state index in [4.69, 9.17) is 10.8 Å². The Morgan fingerprint density at radius 1 is 0.707 bits per heavy atom. The number of nitrogens with one attached hydrogen (secondary N) is 3. The number of carboxylic acids is 2. The van der Waals surface area contributed by atoms with Gasteiger partial charge in [0.15, 0.2) is 0 Å². The fourth-order valence-corrected chi connectivity index (χ4v) is 3.71. The SMILES string of the molecule is CC(O)C(N)C(=O)NC(Cc1ccc(O)cc1)C(=O)NC(Cc1ccc(O)cc1)C(=O)NC(CCC(=O)O)C(=O)O. The summed E-state index contributed by atoms with van der Waals surface area (Å²) in [5, 5.41) is 54.4. The topological polar surface area (TPSA) is 249 Å². The molecule has 14 heteroatoms. The number of hydrogen-bond donors (Lipinski definition) is 9. The second-order valence-electron chi connectivity index (χ2n) is 9.46. The third kappa shape index (κ3) is 10.8. The molecule has 14 nitrogen and oxygen atoms in total. The first kappa shape index (κ1) is 32.5. The Bertz CT molecular complexity index is 1220. The van der Waals surface area contributed by atoms with Crippen molar-refractivity contribution in [2.24, 2.45) is 5.73 Å². The molecule has 0 aromatic heterocycles. The minimum absolute atomic E-state index is 0.0311. The number of carbonyl (C=O) groups is 5. The van der Waals surface area contributed by atoms with Gasteiger partial charge in [0.2, 0.25) is 17.7 Å². The average Bonchev–Trinajstić information content (AvgIpc) is 2.91. The number of carboxylic acid groups (broad SMARTS) is 2. The van der Waals surface area contributed by atoms with Crippen LogP contribution in [0.3, 0.4) is 0 Å². The highest BCUT2D eigenvalue weighted by Gasteiger charge is 2.31. The fourth-order valence-electron chi connectivity index (χ4n) is 3.71. The zero-order valence-corrected chi connectivity index (χ0v) is 22.2. The van der Waals surface area contributed by atoms with E-state index in [9.17, 15) is 44.4 Å². The molecule has 0 saturated heterocycles. The van der Waals surface area contributed by atoms with Gasteiger partial charge in [0, 0.05) is 19.3 Å². The molecule has 0 aliphatic rings. The maximum absolute atomic E-state index is 13.4. The van der Waals surface area contributed by atoms with Crippen LogP contribution >= 0.6 is 0 Å². The molecule has 0 heterocycles. The molecule has 2 rings (SSSR count). The number of nitrogens with two attached hydrogens (primary N) is 1. The number of amides is 3. The Kier molecular flexibility index (Phi) is 12.0. The van der Waals surface area contributed by atoms with Crippen molar-refractivity contribution < 1.29 is 49.5 Å². The first-order valence-corrected chi connectivity index (χ1v) is 12.6. The molecule has 5 atom stereocenters. The van der Waals surface area contributed by atoms with E-state index in [-0.39, 0.29) is 24.3 Å². The van der Waals surface area contributed by atoms with E-state index in [2.05, 4.69) is 16.0 Å². The molecule has 2 aromatic rings. The number of benzene rings is 2. The molecule has 0 saturated carbocycles. The van der Waals surface area contributed by atoms with E-state index in [1.807, 2.05) is 0 Å². The smallest absolute Gasteiger partial charge is 0.326 e. The highest BCUT2D eigenvalue weighted by Crippen LogP contribution is 2.14. The molecule has 0 spiro atoms. The summed E-state index contributed by atoms with van der Waals surface area (Å²) in [5.41, 5.74) is 6.71. The molecule has 0 radical (unpaired) electrons. The molecule has 10 N–H and O–H groups in total. The normalized spacial score (nSPS) is 14.5. The highest BCUT2D eigenvalue weighted by molar-refractivity contribution is 5.94. The van der Waals surface area contributed by atoms with Crippen molar-refractivity contribution >= 4 is 29.7 Å². The molecular weight excluding hydrogens is 540 g/mol. The van der Waals surface area contributed by atoms with Crippen LogP contribution in [0.1, 0.15) is 30.9 Å². The van der Waals surface area contributed by atoms with Gasteiger partial charge in [0.1, 0.15) is 35.7 Å². The second kappa shape index (κ2) is 15.2. The lowest BCUT2D eigenvalue weighted by Crippen LogP contribution is -2.59. The van der Waals surface area contributed by atoms with E-state index in [0.717, 1.165) is 0 Å². The Morgan fingerprint density at radius 3 is 1.46 bits per heavy atom. The number of phenols is 2. The van der Waals surface area contributed by atoms with E-state index < -0.39 is 72.8 Å². The monoisotopic (exact) mass is 574 g/mol. The van der Waals surface area contributed by atoms with Gasteiger partial charge in [-0.2, -0.15) is 0 Å². The molecule has 3 amide bonds. The fraction of sp³-hybridized carbons (Fsp3) is 0.370. The molecule has 2 aromatic carbocycles. The molecule has 0 fully saturated rings. The predicted octanol–water partition coefficient (Wildman–Crippen LogP) is -1.01. The summed E-state index contributed by atoms with van der Waals surface area (Å²) in [6.07, 6.45) is -2.44. The molecule has 41 heavy (non-hydrogen) atoms. The number of aliphatic hydroxyl groups is 1. The Hall–Kier alpha value is -4.69. The lowest BCUT2D eigenvalue weighted by atomic mass is 10.0. The van der Waals surface area contributed by atoms with E-state index in [1.54, 1.807) is 0 Å². The summed E-state index contributed by atoms with van der Waals surface area (Å²) in [6, 6.07) is 5.81. The highest BCUT2D eigenvalue weighted by atomic mass is 16.4. The summed E-state index contributed by atoms with van der Waals surface area (Å²) in [5.74, 6) is -5.44. The minimum Gasteiger partial charge on any atom is -0.508 e. The van der Waals surface area contributed by atoms with Gasteiger partial charge >= 0.3 is 11.9 Å². The van der Waals surface area contributed by atoms with E-state index in [1.165, 1.54) is 55.5 Å². The van der Waals surface area contributed by atoms with E-state index in [0.29, 0.717) is 11.1 Å². The maximum Gasteiger partial charge on any atom is 0.326 e. The molecule has 222 valence electrons. The minimum atomic E-state index is -1.56. The second-order valence-corrected chi connectivity index (χ2v) is 9.46. The molecule has 0 aliphatic carbocycles. The lowest BCUT2D eigenvalue weighted by molar-refractivity contribution is -0.143. The van der Waals surface area contributed by atoms with Gasteiger partial charge in [0.05, 0.1) is 6.10 Å². The lowest BCUT2D eigenvalue weighted by Gasteiger charge is -2.26. The maximum atomic E-state index is 13.4. The van der Waals surface area contributed by atoms with Crippen molar-refractivity contribution in [2.45, 2.75) is 62.9 Å². The summed E-state index contributed by atoms with van der Waals surface area (Å²) >= 11 is 0. The van der Waals surface area contributed by atoms with Crippen molar-refractivity contribution in [3.05, 3.63) is 59.7 Å². The Labute approximate surface area is 235 Å². The zero-order chi connectivity index (χ0) is 30.7. The van der Waals surface area contributed by atoms with Crippen LogP contribution in [-0.4, -0.2) is 85.5 Å². The summed E-state index contributed by atoms with van der Waals surface area (Å²) in [4.78, 5) is 61.8. The van der Waals surface area contributed by atoms with Crippen molar-refractivity contribution in [2.75, 3.05) is 0 Å². The number of aliphatic hydroxyl groups excluding tert-OH is 1. The van der Waals surface area contributed by atoms with Crippen LogP contribution in [0.25, 0.3) is 0 Å². The van der Waals surface area contributed by atoms with Crippen LogP contribution in [0.2, 0.25) is 0 Å². The number of phenolic OH excluding ortho intramolecular Hbond substituents is 2. The van der Waals surface area contributed by atoms with Crippen LogP contribution < -0.4 is 21.7 Å². The van der Waals surface area contributed by atoms with Gasteiger partial charge in [-0.3, -0.25) is 19.2 Å². The molecule has 0 aliphatic heterocycles. The first-order valence-electron chi connectivity index (χ1n) is 12.6. The number of aliphatic carboxylic acids is 2. The standard InChI is InChI=1S/C27H34N4O10/c1-14(32)23(28)26(39)31-21(13-16-4-8-18(34)9-5-16)25(38)30-20(12-15-2-6-17(33)7-3-15)24(37)29-19(27(40)41)10-11-22(35)36/h2-9,14,19-21,23,32-34H,10-13,28H2,1H3,(H,29,37)(H,30,38)(H,31,39)(H,35,36)(H,40,41). The number of rotatable bonds is 15. The van der Waals surface area contributed by atoms with Crippen LogP contribution in [0, 0.1) is 0 Å². The van der Waals surface area contributed by atoms with Crippen molar-refractivity contribution in [1.82, 2.24) is 16.0 Å². The Balaban J connectivity index is 2.34.